The minimum absolute atomic E-state index is 0.277. The number of hydrogen-bond acceptors (Lipinski definition) is 4. The first-order chi connectivity index (χ1) is 9.52. The van der Waals surface area contributed by atoms with Gasteiger partial charge in [-0.15, -0.1) is 0 Å². The number of aromatic nitrogens is 2. The van der Waals surface area contributed by atoms with Gasteiger partial charge in [0.05, 0.1) is 6.20 Å². The summed E-state index contributed by atoms with van der Waals surface area (Å²) in [6.45, 7) is 7.23. The Morgan fingerprint density at radius 3 is 2.75 bits per heavy atom. The standard InChI is InChI=1S/C13H26N4O2S/c1-4-6-9-16(3)20(18,19)13-11-15-17(12-13)10-7-8-14-5-2/h11-12,14H,4-10H2,1-3H3. The van der Waals surface area contributed by atoms with E-state index in [1.165, 1.54) is 10.5 Å². The summed E-state index contributed by atoms with van der Waals surface area (Å²) in [6, 6.07) is 0. The summed E-state index contributed by atoms with van der Waals surface area (Å²) in [7, 11) is -1.77. The topological polar surface area (TPSA) is 67.2 Å². The van der Waals surface area contributed by atoms with Crippen LogP contribution < -0.4 is 5.32 Å². The van der Waals surface area contributed by atoms with Crippen molar-refractivity contribution in [3.63, 3.8) is 0 Å². The Hall–Kier alpha value is -0.920. The van der Waals surface area contributed by atoms with Gasteiger partial charge in [0.25, 0.3) is 0 Å². The molecule has 1 aromatic heterocycles. The molecule has 6 nitrogen and oxygen atoms in total. The molecule has 7 heteroatoms. The maximum Gasteiger partial charge on any atom is 0.245 e. The van der Waals surface area contributed by atoms with Gasteiger partial charge in [-0.1, -0.05) is 20.3 Å². The lowest BCUT2D eigenvalue weighted by Crippen LogP contribution is -2.27. The van der Waals surface area contributed by atoms with Crippen LogP contribution in [0.15, 0.2) is 17.3 Å². The number of hydrogen-bond donors (Lipinski definition) is 1. The van der Waals surface area contributed by atoms with E-state index in [-0.39, 0.29) is 4.90 Å². The van der Waals surface area contributed by atoms with Gasteiger partial charge in [0, 0.05) is 26.3 Å². The molecule has 0 amide bonds. The Bertz CT molecular complexity index is 484. The van der Waals surface area contributed by atoms with E-state index in [2.05, 4.69) is 17.3 Å². The molecule has 0 aliphatic rings. The van der Waals surface area contributed by atoms with E-state index in [0.29, 0.717) is 6.54 Å². The molecule has 0 fully saturated rings. The van der Waals surface area contributed by atoms with Gasteiger partial charge in [-0.05, 0) is 25.9 Å². The van der Waals surface area contributed by atoms with Crippen LogP contribution in [0.25, 0.3) is 0 Å². The van der Waals surface area contributed by atoms with E-state index < -0.39 is 10.0 Å². The summed E-state index contributed by atoms with van der Waals surface area (Å²) in [5.41, 5.74) is 0. The molecule has 0 radical (unpaired) electrons. The van der Waals surface area contributed by atoms with Crippen LogP contribution in [0, 0.1) is 0 Å². The lowest BCUT2D eigenvalue weighted by Gasteiger charge is -2.15. The molecule has 0 aliphatic carbocycles. The van der Waals surface area contributed by atoms with Crippen LogP contribution in [0.3, 0.4) is 0 Å². The van der Waals surface area contributed by atoms with Crippen LogP contribution >= 0.6 is 0 Å². The highest BCUT2D eigenvalue weighted by atomic mass is 32.2. The van der Waals surface area contributed by atoms with Crippen LogP contribution in [0.1, 0.15) is 33.1 Å². The largest absolute Gasteiger partial charge is 0.317 e. The first kappa shape index (κ1) is 17.1. The van der Waals surface area contributed by atoms with Gasteiger partial charge < -0.3 is 5.32 Å². The van der Waals surface area contributed by atoms with Crippen LogP contribution in [0.4, 0.5) is 0 Å². The predicted octanol–water partition coefficient (Wildman–Crippen LogP) is 1.30. The van der Waals surface area contributed by atoms with Crippen LogP contribution in [0.2, 0.25) is 0 Å². The second-order valence-corrected chi connectivity index (χ2v) is 6.87. The van der Waals surface area contributed by atoms with Crippen molar-refractivity contribution >= 4 is 10.0 Å². The third-order valence-corrected chi connectivity index (χ3v) is 4.94. The first-order valence-corrected chi connectivity index (χ1v) is 8.65. The zero-order valence-corrected chi connectivity index (χ0v) is 13.5. The molecule has 1 heterocycles. The monoisotopic (exact) mass is 302 g/mol. The van der Waals surface area contributed by atoms with Gasteiger partial charge in [0.2, 0.25) is 10.0 Å². The smallest absolute Gasteiger partial charge is 0.245 e. The highest BCUT2D eigenvalue weighted by molar-refractivity contribution is 7.89. The van der Waals surface area contributed by atoms with E-state index in [1.54, 1.807) is 17.9 Å². The third kappa shape index (κ3) is 4.88. The Labute approximate surface area is 122 Å². The Morgan fingerprint density at radius 1 is 1.35 bits per heavy atom. The van der Waals surface area contributed by atoms with Crippen molar-refractivity contribution in [1.29, 1.82) is 0 Å². The maximum atomic E-state index is 12.3. The zero-order chi connectivity index (χ0) is 15.0. The summed E-state index contributed by atoms with van der Waals surface area (Å²) in [5, 5.41) is 7.36. The maximum absolute atomic E-state index is 12.3. The molecule has 0 unspecified atom stereocenters. The number of nitrogens with one attached hydrogen (secondary N) is 1. The number of sulfonamides is 1. The van der Waals surface area contributed by atoms with Crippen LogP contribution in [0.5, 0.6) is 0 Å². The SMILES string of the molecule is CCCCN(C)S(=O)(=O)c1cnn(CCCNCC)c1. The molecule has 0 aromatic carbocycles. The molecule has 116 valence electrons. The second-order valence-electron chi connectivity index (χ2n) is 4.83. The lowest BCUT2D eigenvalue weighted by atomic mass is 10.3. The number of unbranched alkanes of at least 4 members (excludes halogenated alkanes) is 1. The van der Waals surface area contributed by atoms with Crippen molar-refractivity contribution in [2.75, 3.05) is 26.7 Å². The normalized spacial score (nSPS) is 12.2. The van der Waals surface area contributed by atoms with Crippen molar-refractivity contribution in [2.24, 2.45) is 0 Å². The third-order valence-electron chi connectivity index (χ3n) is 3.14. The van der Waals surface area contributed by atoms with E-state index >= 15 is 0 Å². The number of nitrogens with zero attached hydrogens (tertiary/aromatic N) is 3. The minimum Gasteiger partial charge on any atom is -0.317 e. The fourth-order valence-corrected chi connectivity index (χ4v) is 2.99. The van der Waals surface area contributed by atoms with Crippen molar-refractivity contribution in [2.45, 2.75) is 44.6 Å². The van der Waals surface area contributed by atoms with Crippen molar-refractivity contribution in [1.82, 2.24) is 19.4 Å². The van der Waals surface area contributed by atoms with Gasteiger partial charge in [0.1, 0.15) is 4.90 Å². The fraction of sp³-hybridized carbons (Fsp3) is 0.769. The lowest BCUT2D eigenvalue weighted by molar-refractivity contribution is 0.459. The minimum atomic E-state index is -3.39. The summed E-state index contributed by atoms with van der Waals surface area (Å²) >= 11 is 0. The molecular formula is C13H26N4O2S. The van der Waals surface area contributed by atoms with Gasteiger partial charge in [-0.3, -0.25) is 4.68 Å². The Morgan fingerprint density at radius 2 is 2.10 bits per heavy atom. The van der Waals surface area contributed by atoms with Gasteiger partial charge in [-0.2, -0.15) is 5.10 Å². The first-order valence-electron chi connectivity index (χ1n) is 7.21. The second kappa shape index (κ2) is 8.39. The average Bonchev–Trinajstić information content (AvgIpc) is 2.90. The molecule has 0 aliphatic heterocycles. The predicted molar refractivity (Wildman–Crippen MR) is 80.1 cm³/mol. The summed E-state index contributed by atoms with van der Waals surface area (Å²) in [5.74, 6) is 0. The van der Waals surface area contributed by atoms with Crippen LogP contribution in [-0.2, 0) is 16.6 Å². The van der Waals surface area contributed by atoms with E-state index in [4.69, 9.17) is 0 Å². The zero-order valence-electron chi connectivity index (χ0n) is 12.7. The highest BCUT2D eigenvalue weighted by Gasteiger charge is 2.21. The molecule has 1 rings (SSSR count). The van der Waals surface area contributed by atoms with Gasteiger partial charge in [0.15, 0.2) is 0 Å². The van der Waals surface area contributed by atoms with E-state index in [1.807, 2.05) is 6.92 Å². The molecule has 1 aromatic rings. The molecule has 1 N–H and O–H groups in total. The highest BCUT2D eigenvalue weighted by Crippen LogP contribution is 2.13. The van der Waals surface area contributed by atoms with Gasteiger partial charge in [-0.25, -0.2) is 12.7 Å². The van der Waals surface area contributed by atoms with Crippen molar-refractivity contribution in [3.05, 3.63) is 12.4 Å². The molecule has 0 atom stereocenters. The number of rotatable bonds is 10. The molecule has 0 saturated heterocycles. The number of aryl methyl sites for hydroxylation is 1. The molecule has 0 saturated carbocycles. The fourth-order valence-electron chi connectivity index (χ4n) is 1.82. The summed E-state index contributed by atoms with van der Waals surface area (Å²) in [6.07, 6.45) is 5.82. The Balaban J connectivity index is 2.60. The quantitative estimate of drug-likeness (QED) is 0.662. The molecular weight excluding hydrogens is 276 g/mol. The molecule has 0 bridgehead atoms. The summed E-state index contributed by atoms with van der Waals surface area (Å²) in [4.78, 5) is 0.277. The molecule has 0 spiro atoms. The van der Waals surface area contributed by atoms with Gasteiger partial charge >= 0.3 is 0 Å². The Kier molecular flexibility index (Phi) is 7.18. The van der Waals surface area contributed by atoms with E-state index in [0.717, 1.165) is 38.9 Å². The molecule has 20 heavy (non-hydrogen) atoms. The van der Waals surface area contributed by atoms with Crippen LogP contribution in [-0.4, -0.2) is 49.2 Å². The summed E-state index contributed by atoms with van der Waals surface area (Å²) < 4.78 is 27.7. The van der Waals surface area contributed by atoms with Crippen molar-refractivity contribution < 1.29 is 8.42 Å². The van der Waals surface area contributed by atoms with Crippen molar-refractivity contribution in [3.8, 4) is 0 Å². The van der Waals surface area contributed by atoms with E-state index in [9.17, 15) is 8.42 Å². The average molecular weight is 302 g/mol.